The largest absolute Gasteiger partial charge is 0.444 e. The molecule has 3 N–H and O–H groups in total. The van der Waals surface area contributed by atoms with Crippen molar-refractivity contribution in [2.45, 2.75) is 64.0 Å². The van der Waals surface area contributed by atoms with E-state index in [1.54, 1.807) is 17.2 Å². The normalized spacial score (nSPS) is 26.2. The molecule has 2 unspecified atom stereocenters. The van der Waals surface area contributed by atoms with E-state index in [4.69, 9.17) is 10.1 Å². The zero-order valence-corrected chi connectivity index (χ0v) is 20.0. The molecule has 9 nitrogen and oxygen atoms in total. The molecule has 3 aliphatic rings. The molecule has 3 amide bonds. The van der Waals surface area contributed by atoms with Crippen LogP contribution in [0.4, 0.5) is 10.6 Å². The third-order valence-electron chi connectivity index (χ3n) is 6.47. The average molecular weight is 466 g/mol. The van der Waals surface area contributed by atoms with Crippen LogP contribution in [0.1, 0.15) is 52.5 Å². The van der Waals surface area contributed by atoms with Gasteiger partial charge in [0.1, 0.15) is 17.1 Å². The van der Waals surface area contributed by atoms with Crippen molar-refractivity contribution < 1.29 is 19.1 Å². The number of fused-ring (bicyclic) bond motifs is 2. The molecule has 2 atom stereocenters. The minimum atomic E-state index is -0.757. The Hall–Kier alpha value is -3.49. The third kappa shape index (κ3) is 4.47. The monoisotopic (exact) mass is 465 g/mol. The van der Waals surface area contributed by atoms with Gasteiger partial charge in [0.05, 0.1) is 5.41 Å². The Balaban J connectivity index is 1.42. The second-order valence-electron chi connectivity index (χ2n) is 10.1. The number of rotatable bonds is 3. The number of likely N-dealkylation sites (tertiary alicyclic amines) is 1. The maximum absolute atomic E-state index is 12.9. The van der Waals surface area contributed by atoms with Crippen molar-refractivity contribution in [2.24, 2.45) is 0 Å². The first-order valence-electron chi connectivity index (χ1n) is 11.5. The minimum absolute atomic E-state index is 0.104. The Bertz CT molecular complexity index is 1120. The van der Waals surface area contributed by atoms with E-state index in [1.807, 2.05) is 45.9 Å². The van der Waals surface area contributed by atoms with E-state index in [0.29, 0.717) is 38.2 Å². The van der Waals surface area contributed by atoms with Gasteiger partial charge in [-0.25, -0.2) is 9.78 Å². The fourth-order valence-corrected chi connectivity index (χ4v) is 4.84. The van der Waals surface area contributed by atoms with E-state index in [9.17, 15) is 14.4 Å². The summed E-state index contributed by atoms with van der Waals surface area (Å²) in [5, 5.41) is 14.1. The second-order valence-corrected chi connectivity index (χ2v) is 10.1. The Morgan fingerprint density at radius 3 is 2.76 bits per heavy atom. The number of carbonyl (C=O) groups excluding carboxylic acids is 3. The van der Waals surface area contributed by atoms with Crippen LogP contribution in [0.25, 0.3) is 0 Å². The fraction of sp³-hybridized carbons (Fsp3) is 0.480. The number of hydrogen-bond acceptors (Lipinski definition) is 6. The molecule has 34 heavy (non-hydrogen) atoms. The molecule has 1 spiro atoms. The van der Waals surface area contributed by atoms with E-state index >= 15 is 0 Å². The molecule has 2 fully saturated rings. The van der Waals surface area contributed by atoms with Gasteiger partial charge < -0.3 is 20.3 Å². The van der Waals surface area contributed by atoms with Crippen LogP contribution in [-0.4, -0.2) is 58.2 Å². The van der Waals surface area contributed by atoms with Crippen molar-refractivity contribution >= 4 is 29.4 Å². The van der Waals surface area contributed by atoms with Gasteiger partial charge in [0.25, 0.3) is 5.91 Å². The Labute approximate surface area is 199 Å². The SMILES string of the molecule is C/C=C1/CC2(C/C1=C/C(=N)C(=O)NC1CCN(C(=O)OC(C)(C)C)C1)C(=O)Nc1ncccc12. The number of nitrogens with zero attached hydrogens (tertiary/aromatic N) is 2. The summed E-state index contributed by atoms with van der Waals surface area (Å²) >= 11 is 0. The molecule has 9 heteroatoms. The number of anilines is 1. The lowest BCUT2D eigenvalue weighted by atomic mass is 9.80. The summed E-state index contributed by atoms with van der Waals surface area (Å²) < 4.78 is 5.39. The average Bonchev–Trinajstić information content (AvgIpc) is 3.44. The molecule has 1 aromatic rings. The highest BCUT2D eigenvalue weighted by atomic mass is 16.6. The number of ether oxygens (including phenoxy) is 1. The van der Waals surface area contributed by atoms with Gasteiger partial charge in [-0.3, -0.25) is 15.0 Å². The van der Waals surface area contributed by atoms with Crippen LogP contribution in [0.15, 0.2) is 41.6 Å². The van der Waals surface area contributed by atoms with Crippen LogP contribution in [0, 0.1) is 5.41 Å². The van der Waals surface area contributed by atoms with Crippen LogP contribution in [0.3, 0.4) is 0 Å². The molecule has 0 aromatic carbocycles. The lowest BCUT2D eigenvalue weighted by Crippen LogP contribution is -2.42. The summed E-state index contributed by atoms with van der Waals surface area (Å²) in [4.78, 5) is 43.7. The number of allylic oxidation sites excluding steroid dienone is 3. The highest BCUT2D eigenvalue weighted by molar-refractivity contribution is 6.42. The number of pyridine rings is 1. The number of amides is 3. The molecular formula is C25H31N5O4. The smallest absolute Gasteiger partial charge is 0.410 e. The van der Waals surface area contributed by atoms with Gasteiger partial charge in [-0.15, -0.1) is 0 Å². The zero-order chi connectivity index (χ0) is 24.7. The first kappa shape index (κ1) is 23.7. The molecule has 0 bridgehead atoms. The van der Waals surface area contributed by atoms with Crippen molar-refractivity contribution in [1.82, 2.24) is 15.2 Å². The third-order valence-corrected chi connectivity index (χ3v) is 6.47. The molecule has 1 saturated carbocycles. The van der Waals surface area contributed by atoms with Crippen LogP contribution in [0.5, 0.6) is 0 Å². The first-order valence-corrected chi connectivity index (χ1v) is 11.5. The molecule has 1 saturated heterocycles. The van der Waals surface area contributed by atoms with E-state index in [2.05, 4.69) is 15.6 Å². The maximum atomic E-state index is 12.9. The maximum Gasteiger partial charge on any atom is 0.410 e. The highest BCUT2D eigenvalue weighted by Crippen LogP contribution is 2.52. The van der Waals surface area contributed by atoms with E-state index < -0.39 is 23.0 Å². The Morgan fingerprint density at radius 1 is 1.32 bits per heavy atom. The lowest BCUT2D eigenvalue weighted by molar-refractivity contribution is -0.120. The predicted molar refractivity (Wildman–Crippen MR) is 128 cm³/mol. The van der Waals surface area contributed by atoms with Crippen molar-refractivity contribution in [2.75, 3.05) is 18.4 Å². The van der Waals surface area contributed by atoms with Gasteiger partial charge >= 0.3 is 6.09 Å². The molecule has 0 radical (unpaired) electrons. The summed E-state index contributed by atoms with van der Waals surface area (Å²) in [5.74, 6) is -0.0289. The van der Waals surface area contributed by atoms with Crippen LogP contribution in [-0.2, 0) is 19.7 Å². The molecule has 2 aliphatic heterocycles. The van der Waals surface area contributed by atoms with Crippen molar-refractivity contribution in [3.05, 3.63) is 47.2 Å². The van der Waals surface area contributed by atoms with Gasteiger partial charge in [-0.2, -0.15) is 0 Å². The van der Waals surface area contributed by atoms with Crippen LogP contribution >= 0.6 is 0 Å². The van der Waals surface area contributed by atoms with Gasteiger partial charge in [0.15, 0.2) is 0 Å². The van der Waals surface area contributed by atoms with E-state index in [1.165, 1.54) is 0 Å². The molecule has 1 aliphatic carbocycles. The molecule has 180 valence electrons. The zero-order valence-electron chi connectivity index (χ0n) is 20.0. The number of carbonyl (C=O) groups is 3. The van der Waals surface area contributed by atoms with Crippen LogP contribution < -0.4 is 10.6 Å². The van der Waals surface area contributed by atoms with Crippen LogP contribution in [0.2, 0.25) is 0 Å². The topological polar surface area (TPSA) is 124 Å². The Morgan fingerprint density at radius 2 is 2.06 bits per heavy atom. The second kappa shape index (κ2) is 8.70. The number of hydrogen-bond donors (Lipinski definition) is 3. The van der Waals surface area contributed by atoms with Crippen molar-refractivity contribution in [3.8, 4) is 0 Å². The fourth-order valence-electron chi connectivity index (χ4n) is 4.84. The summed E-state index contributed by atoms with van der Waals surface area (Å²) in [6.45, 7) is 8.16. The van der Waals surface area contributed by atoms with Crippen molar-refractivity contribution in [1.29, 1.82) is 5.41 Å². The minimum Gasteiger partial charge on any atom is -0.444 e. The standard InChI is InChI=1S/C25H31N5O4/c1-5-15-12-25(18-7-6-9-27-20(18)29-22(25)32)13-16(15)11-19(26)21(31)28-17-8-10-30(14-17)23(33)34-24(2,3)4/h5-7,9,11,17,26H,8,10,12-14H2,1-4H3,(H,28,31)(H,27,29,32)/b15-5-,16-11-,26-19?. The Kier molecular flexibility index (Phi) is 6.05. The molecule has 3 heterocycles. The molecular weight excluding hydrogens is 434 g/mol. The van der Waals surface area contributed by atoms with E-state index in [0.717, 1.165) is 16.7 Å². The predicted octanol–water partition coefficient (Wildman–Crippen LogP) is 3.08. The van der Waals surface area contributed by atoms with Gasteiger partial charge in [-0.1, -0.05) is 12.1 Å². The van der Waals surface area contributed by atoms with Gasteiger partial charge in [0.2, 0.25) is 5.91 Å². The number of aromatic nitrogens is 1. The number of nitrogens with one attached hydrogen (secondary N) is 3. The summed E-state index contributed by atoms with van der Waals surface area (Å²) in [5.41, 5.74) is 1.09. The highest BCUT2D eigenvalue weighted by Gasteiger charge is 2.52. The molecule has 4 rings (SSSR count). The quantitative estimate of drug-likeness (QED) is 0.592. The molecule has 1 aromatic heterocycles. The first-order chi connectivity index (χ1) is 16.0. The summed E-state index contributed by atoms with van der Waals surface area (Å²) in [6, 6.07) is 3.48. The van der Waals surface area contributed by atoms with Gasteiger partial charge in [-0.05, 0) is 70.2 Å². The van der Waals surface area contributed by atoms with E-state index in [-0.39, 0.29) is 17.7 Å². The summed E-state index contributed by atoms with van der Waals surface area (Å²) in [7, 11) is 0. The summed E-state index contributed by atoms with van der Waals surface area (Å²) in [6.07, 6.45) is 6.24. The lowest BCUT2D eigenvalue weighted by Gasteiger charge is -2.24. The van der Waals surface area contributed by atoms with Gasteiger partial charge in [0, 0.05) is 30.9 Å². The van der Waals surface area contributed by atoms with Crippen molar-refractivity contribution in [3.63, 3.8) is 0 Å².